The largest absolute Gasteiger partial charge is 0.383 e. The molecule has 20 heavy (non-hydrogen) atoms. The summed E-state index contributed by atoms with van der Waals surface area (Å²) in [4.78, 5) is 11.8. The van der Waals surface area contributed by atoms with Crippen molar-refractivity contribution in [3.05, 3.63) is 11.3 Å². The fourth-order valence-corrected chi connectivity index (χ4v) is 5.67. The van der Waals surface area contributed by atoms with Crippen molar-refractivity contribution in [3.8, 4) is 0 Å². The highest BCUT2D eigenvalue weighted by molar-refractivity contribution is 5.99. The molecule has 4 nitrogen and oxygen atoms in total. The van der Waals surface area contributed by atoms with Crippen LogP contribution in [0.1, 0.15) is 61.5 Å². The van der Waals surface area contributed by atoms with Gasteiger partial charge in [0.2, 0.25) is 0 Å². The van der Waals surface area contributed by atoms with Crippen LogP contribution >= 0.6 is 0 Å². The highest BCUT2D eigenvalue weighted by atomic mass is 16.1. The number of nitrogens with two attached hydrogens (primary N) is 1. The molecule has 4 saturated carbocycles. The molecule has 4 bridgehead atoms. The van der Waals surface area contributed by atoms with Gasteiger partial charge in [0.15, 0.2) is 5.78 Å². The number of hydrogen-bond donors (Lipinski definition) is 1. The molecule has 0 unspecified atom stereocenters. The van der Waals surface area contributed by atoms with E-state index in [2.05, 4.69) is 0 Å². The number of carbonyl (C=O) groups excluding carboxylic acids is 1. The number of Topliss-reactive ketones (excluding diaryl/α,β-unsaturated/α-hetero) is 1. The van der Waals surface area contributed by atoms with Crippen LogP contribution in [0.5, 0.6) is 0 Å². The lowest BCUT2D eigenvalue weighted by atomic mass is 9.53. The molecule has 0 amide bonds. The number of carbonyl (C=O) groups is 1. The molecule has 2 N–H and O–H groups in total. The van der Waals surface area contributed by atoms with Gasteiger partial charge in [0.05, 0.1) is 16.8 Å². The van der Waals surface area contributed by atoms with Crippen molar-refractivity contribution in [1.82, 2.24) is 9.78 Å². The van der Waals surface area contributed by atoms with Crippen molar-refractivity contribution >= 4 is 11.6 Å². The number of anilines is 1. The van der Waals surface area contributed by atoms with Crippen LogP contribution in [-0.4, -0.2) is 15.6 Å². The first-order chi connectivity index (χ1) is 9.48. The average Bonchev–Trinajstić information content (AvgIpc) is 2.63. The standard InChI is InChI=1S/C16H23N3O/c1-9-14(10(2)20)15(17)19(18-9)16-6-11-3-12(7-16)5-13(4-11)8-16/h11-13H,3-8,17H2,1-2H3. The summed E-state index contributed by atoms with van der Waals surface area (Å²) in [6.45, 7) is 3.49. The zero-order chi connectivity index (χ0) is 14.1. The quantitative estimate of drug-likeness (QED) is 0.843. The zero-order valence-corrected chi connectivity index (χ0v) is 12.4. The van der Waals surface area contributed by atoms with Crippen LogP contribution in [0, 0.1) is 24.7 Å². The topological polar surface area (TPSA) is 60.9 Å². The molecule has 0 spiro atoms. The summed E-state index contributed by atoms with van der Waals surface area (Å²) in [5.74, 6) is 3.20. The molecular weight excluding hydrogens is 250 g/mol. The highest BCUT2D eigenvalue weighted by Gasteiger charge is 2.53. The summed E-state index contributed by atoms with van der Waals surface area (Å²) in [5, 5.41) is 4.69. The van der Waals surface area contributed by atoms with Crippen LogP contribution < -0.4 is 5.73 Å². The van der Waals surface area contributed by atoms with Crippen LogP contribution in [0.3, 0.4) is 0 Å². The van der Waals surface area contributed by atoms with Gasteiger partial charge in [-0.3, -0.25) is 4.79 Å². The lowest BCUT2D eigenvalue weighted by Crippen LogP contribution is -2.52. The summed E-state index contributed by atoms with van der Waals surface area (Å²) in [6.07, 6.45) is 7.84. The maximum atomic E-state index is 11.8. The Morgan fingerprint density at radius 3 is 2.10 bits per heavy atom. The van der Waals surface area contributed by atoms with Crippen molar-refractivity contribution in [1.29, 1.82) is 0 Å². The minimum atomic E-state index is 0.0379. The number of aromatic nitrogens is 2. The Morgan fingerprint density at radius 1 is 1.20 bits per heavy atom. The normalized spacial score (nSPS) is 38.4. The van der Waals surface area contributed by atoms with Gasteiger partial charge in [0.1, 0.15) is 5.82 Å². The summed E-state index contributed by atoms with van der Waals surface area (Å²) in [6, 6.07) is 0. The van der Waals surface area contributed by atoms with E-state index in [0.717, 1.165) is 23.4 Å². The van der Waals surface area contributed by atoms with Crippen molar-refractivity contribution in [2.45, 2.75) is 57.9 Å². The summed E-state index contributed by atoms with van der Waals surface area (Å²) in [5.41, 5.74) is 7.85. The van der Waals surface area contributed by atoms with E-state index >= 15 is 0 Å². The smallest absolute Gasteiger partial charge is 0.165 e. The molecule has 4 heteroatoms. The molecular formula is C16H23N3O. The monoisotopic (exact) mass is 273 g/mol. The van der Waals surface area contributed by atoms with Gasteiger partial charge in [-0.25, -0.2) is 4.68 Å². The molecule has 4 aliphatic rings. The SMILES string of the molecule is CC(=O)c1c(C)nn(C23CC4CC(CC(C4)C2)C3)c1N. The maximum Gasteiger partial charge on any atom is 0.165 e. The predicted molar refractivity (Wildman–Crippen MR) is 77.5 cm³/mol. The first-order valence-electron chi connectivity index (χ1n) is 7.85. The first kappa shape index (κ1) is 12.4. The van der Waals surface area contributed by atoms with E-state index in [1.54, 1.807) is 6.92 Å². The van der Waals surface area contributed by atoms with Crippen molar-refractivity contribution in [2.24, 2.45) is 17.8 Å². The lowest BCUT2D eigenvalue weighted by molar-refractivity contribution is -0.0482. The third kappa shape index (κ3) is 1.54. The van der Waals surface area contributed by atoms with Crippen molar-refractivity contribution < 1.29 is 4.79 Å². The van der Waals surface area contributed by atoms with E-state index in [-0.39, 0.29) is 11.3 Å². The minimum Gasteiger partial charge on any atom is -0.383 e. The van der Waals surface area contributed by atoms with Gasteiger partial charge in [0, 0.05) is 0 Å². The Hall–Kier alpha value is -1.32. The maximum absolute atomic E-state index is 11.8. The highest BCUT2D eigenvalue weighted by Crippen LogP contribution is 2.59. The van der Waals surface area contributed by atoms with Gasteiger partial charge in [-0.15, -0.1) is 0 Å². The molecule has 108 valence electrons. The van der Waals surface area contributed by atoms with E-state index in [4.69, 9.17) is 10.8 Å². The molecule has 0 atom stereocenters. The lowest BCUT2D eigenvalue weighted by Gasteiger charge is -2.56. The zero-order valence-electron chi connectivity index (χ0n) is 12.4. The third-order valence-electron chi connectivity index (χ3n) is 5.90. The third-order valence-corrected chi connectivity index (χ3v) is 5.90. The molecule has 0 aliphatic heterocycles. The van der Waals surface area contributed by atoms with Crippen LogP contribution in [-0.2, 0) is 5.54 Å². The fraction of sp³-hybridized carbons (Fsp3) is 0.750. The predicted octanol–water partition coefficient (Wildman–Crippen LogP) is 2.90. The molecule has 1 heterocycles. The Balaban J connectivity index is 1.81. The number of nitrogens with zero attached hydrogens (tertiary/aromatic N) is 2. The number of hydrogen-bond acceptors (Lipinski definition) is 3. The summed E-state index contributed by atoms with van der Waals surface area (Å²) in [7, 11) is 0. The van der Waals surface area contributed by atoms with E-state index in [1.165, 1.54) is 38.5 Å². The Morgan fingerprint density at radius 2 is 1.70 bits per heavy atom. The van der Waals surface area contributed by atoms with Gasteiger partial charge < -0.3 is 5.73 Å². The molecule has 4 aliphatic carbocycles. The second kappa shape index (κ2) is 3.86. The van der Waals surface area contributed by atoms with Crippen molar-refractivity contribution in [2.75, 3.05) is 5.73 Å². The van der Waals surface area contributed by atoms with Crippen LogP contribution in [0.15, 0.2) is 0 Å². The molecule has 0 saturated heterocycles. The Labute approximate surface area is 119 Å². The molecule has 1 aromatic heterocycles. The number of rotatable bonds is 2. The fourth-order valence-electron chi connectivity index (χ4n) is 5.67. The van der Waals surface area contributed by atoms with Gasteiger partial charge in [-0.1, -0.05) is 0 Å². The van der Waals surface area contributed by atoms with Gasteiger partial charge >= 0.3 is 0 Å². The first-order valence-corrected chi connectivity index (χ1v) is 7.85. The minimum absolute atomic E-state index is 0.0379. The van der Waals surface area contributed by atoms with E-state index < -0.39 is 0 Å². The Kier molecular flexibility index (Phi) is 2.40. The summed E-state index contributed by atoms with van der Waals surface area (Å²) >= 11 is 0. The van der Waals surface area contributed by atoms with Crippen LogP contribution in [0.25, 0.3) is 0 Å². The number of nitrogen functional groups attached to an aromatic ring is 1. The second-order valence-electron chi connectivity index (χ2n) is 7.46. The average molecular weight is 273 g/mol. The molecule has 1 aromatic rings. The van der Waals surface area contributed by atoms with Crippen molar-refractivity contribution in [3.63, 3.8) is 0 Å². The molecule has 0 aromatic carbocycles. The molecule has 0 radical (unpaired) electrons. The second-order valence-corrected chi connectivity index (χ2v) is 7.46. The van der Waals surface area contributed by atoms with E-state index in [1.807, 2.05) is 11.6 Å². The van der Waals surface area contributed by atoms with E-state index in [0.29, 0.717) is 11.4 Å². The summed E-state index contributed by atoms with van der Waals surface area (Å²) < 4.78 is 2.05. The van der Waals surface area contributed by atoms with Crippen LogP contribution in [0.2, 0.25) is 0 Å². The Bertz CT molecular complexity index is 552. The number of ketones is 1. The van der Waals surface area contributed by atoms with Crippen LogP contribution in [0.4, 0.5) is 5.82 Å². The van der Waals surface area contributed by atoms with Gasteiger partial charge in [0.25, 0.3) is 0 Å². The molecule has 5 rings (SSSR count). The number of aryl methyl sites for hydroxylation is 1. The van der Waals surface area contributed by atoms with Gasteiger partial charge in [-0.05, 0) is 70.1 Å². The van der Waals surface area contributed by atoms with Gasteiger partial charge in [-0.2, -0.15) is 5.10 Å². The van der Waals surface area contributed by atoms with E-state index in [9.17, 15) is 4.79 Å². The molecule has 4 fully saturated rings.